The van der Waals surface area contributed by atoms with Gasteiger partial charge in [0.1, 0.15) is 0 Å². The number of rotatable bonds is 3. The van der Waals surface area contributed by atoms with E-state index in [9.17, 15) is 0 Å². The van der Waals surface area contributed by atoms with Gasteiger partial charge in [-0.05, 0) is 146 Å². The summed E-state index contributed by atoms with van der Waals surface area (Å²) in [5.41, 5.74) is 13.2. The highest BCUT2D eigenvalue weighted by Gasteiger charge is 2.36. The minimum absolute atomic E-state index is 0.0178. The molecule has 1 heterocycles. The van der Waals surface area contributed by atoms with Crippen LogP contribution in [0.1, 0.15) is 25.0 Å². The molecule has 0 N–H and O–H groups in total. The summed E-state index contributed by atoms with van der Waals surface area (Å²) in [5.74, 6) is 0. The number of hydrogen-bond donors (Lipinski definition) is 0. The van der Waals surface area contributed by atoms with Crippen molar-refractivity contribution in [1.29, 1.82) is 0 Å². The van der Waals surface area contributed by atoms with Gasteiger partial charge in [-0.25, -0.2) is 0 Å². The zero-order chi connectivity index (χ0) is 39.7. The maximum absolute atomic E-state index is 2.49. The summed E-state index contributed by atoms with van der Waals surface area (Å²) in [5, 5.41) is 15.5. The largest absolute Gasteiger partial charge is 0.135 e. The first-order valence-electron chi connectivity index (χ1n) is 21.0. The van der Waals surface area contributed by atoms with Gasteiger partial charge in [0.15, 0.2) is 0 Å². The molecule has 0 bridgehead atoms. The predicted molar refractivity (Wildman–Crippen MR) is 261 cm³/mol. The fourth-order valence-electron chi connectivity index (χ4n) is 10.7. The highest BCUT2D eigenvalue weighted by molar-refractivity contribution is 7.26. The molecule has 0 saturated carbocycles. The molecule has 0 radical (unpaired) electrons. The van der Waals surface area contributed by atoms with Crippen molar-refractivity contribution in [3.63, 3.8) is 0 Å². The molecular formula is C59H38S. The third-order valence-corrected chi connectivity index (χ3v) is 14.7. The molecule has 1 aromatic heterocycles. The maximum Gasteiger partial charge on any atom is 0.0368 e. The van der Waals surface area contributed by atoms with E-state index in [1.54, 1.807) is 0 Å². The van der Waals surface area contributed by atoms with Crippen molar-refractivity contribution in [2.24, 2.45) is 0 Å². The highest BCUT2D eigenvalue weighted by Crippen LogP contribution is 2.53. The van der Waals surface area contributed by atoms with Crippen LogP contribution in [-0.2, 0) is 5.41 Å². The standard InChI is InChI=1S/C59H38S/c1-59(2)52-22-12-11-16-43(52)50-32-51-54(34-53(50)59)60-55-33-49(42-15-5-6-17-44(42)58(51)55)39-26-24-38-31-41(28-25-37(38)29-39)57-47-20-9-7-18-45(47)56(46-19-8-10-21-48(46)57)40-27-23-35-13-3-4-14-36(35)30-40/h3-34H,1-2H3. The van der Waals surface area contributed by atoms with Gasteiger partial charge >= 0.3 is 0 Å². The van der Waals surface area contributed by atoms with Gasteiger partial charge in [-0.15, -0.1) is 11.3 Å². The Morgan fingerprint density at radius 2 is 0.817 bits per heavy atom. The number of hydrogen-bond acceptors (Lipinski definition) is 1. The van der Waals surface area contributed by atoms with Gasteiger partial charge in [0.2, 0.25) is 0 Å². The molecule has 1 heteroatoms. The van der Waals surface area contributed by atoms with Crippen LogP contribution < -0.4 is 0 Å². The lowest BCUT2D eigenvalue weighted by Crippen LogP contribution is -2.14. The first-order chi connectivity index (χ1) is 29.5. The Labute approximate surface area is 352 Å². The second kappa shape index (κ2) is 12.5. The van der Waals surface area contributed by atoms with Crippen molar-refractivity contribution in [3.8, 4) is 44.5 Å². The first-order valence-corrected chi connectivity index (χ1v) is 21.8. The van der Waals surface area contributed by atoms with Crippen LogP contribution in [0.3, 0.4) is 0 Å². The number of benzene rings is 11. The summed E-state index contributed by atoms with van der Waals surface area (Å²) in [6, 6.07) is 73.0. The van der Waals surface area contributed by atoms with Crippen LogP contribution >= 0.6 is 11.3 Å². The second-order valence-electron chi connectivity index (χ2n) is 17.2. The van der Waals surface area contributed by atoms with Crippen molar-refractivity contribution in [2.45, 2.75) is 19.3 Å². The van der Waals surface area contributed by atoms with E-state index in [2.05, 4.69) is 208 Å². The van der Waals surface area contributed by atoms with Crippen molar-refractivity contribution >= 4 is 85.4 Å². The average Bonchev–Trinajstić information content (AvgIpc) is 3.77. The lowest BCUT2D eigenvalue weighted by atomic mass is 9.82. The molecule has 0 fully saturated rings. The number of thiophene rings is 1. The maximum atomic E-state index is 2.49. The quantitative estimate of drug-likeness (QED) is 0.157. The van der Waals surface area contributed by atoms with Crippen LogP contribution in [0.25, 0.3) is 119 Å². The minimum Gasteiger partial charge on any atom is -0.135 e. The molecule has 0 saturated heterocycles. The van der Waals surface area contributed by atoms with Gasteiger partial charge in [-0.2, -0.15) is 0 Å². The van der Waals surface area contributed by atoms with E-state index in [1.165, 1.54) is 130 Å². The Hall–Kier alpha value is -7.06. The molecule has 0 amide bonds. The fraction of sp³-hybridized carbons (Fsp3) is 0.0508. The third kappa shape index (κ3) is 4.79. The smallest absolute Gasteiger partial charge is 0.0368 e. The van der Waals surface area contributed by atoms with E-state index in [-0.39, 0.29) is 5.41 Å². The van der Waals surface area contributed by atoms with Gasteiger partial charge in [0, 0.05) is 25.6 Å². The van der Waals surface area contributed by atoms with Crippen LogP contribution in [0.15, 0.2) is 194 Å². The summed E-state index contributed by atoms with van der Waals surface area (Å²) in [6.45, 7) is 4.75. The molecule has 0 spiro atoms. The Bertz CT molecular complexity index is 3750. The molecule has 13 rings (SSSR count). The summed E-state index contributed by atoms with van der Waals surface area (Å²) >= 11 is 1.94. The van der Waals surface area contributed by atoms with E-state index in [0.717, 1.165) is 0 Å². The van der Waals surface area contributed by atoms with Crippen molar-refractivity contribution in [1.82, 2.24) is 0 Å². The molecular weight excluding hydrogens is 741 g/mol. The molecule has 0 atom stereocenters. The summed E-state index contributed by atoms with van der Waals surface area (Å²) < 4.78 is 2.71. The SMILES string of the molecule is CC1(C)c2ccccc2-c2cc3c(cc21)sc1cc(-c2ccc4cc(-c5c6ccccc6c(-c6ccc7ccccc7c6)c6ccccc56)ccc4c2)c2ccccc2c13. The van der Waals surface area contributed by atoms with Crippen molar-refractivity contribution in [2.75, 3.05) is 0 Å². The Balaban J connectivity index is 0.962. The van der Waals surface area contributed by atoms with Crippen LogP contribution in [0.4, 0.5) is 0 Å². The highest BCUT2D eigenvalue weighted by atomic mass is 32.1. The zero-order valence-electron chi connectivity index (χ0n) is 33.4. The van der Waals surface area contributed by atoms with E-state index in [4.69, 9.17) is 0 Å². The number of fused-ring (bicyclic) bond motifs is 12. The molecule has 11 aromatic carbocycles. The van der Waals surface area contributed by atoms with Gasteiger partial charge < -0.3 is 0 Å². The Kier molecular flexibility index (Phi) is 7.04. The average molecular weight is 779 g/mol. The molecule has 0 unspecified atom stereocenters. The van der Waals surface area contributed by atoms with Gasteiger partial charge in [0.05, 0.1) is 0 Å². The summed E-state index contributed by atoms with van der Waals surface area (Å²) in [7, 11) is 0. The lowest BCUT2D eigenvalue weighted by molar-refractivity contribution is 0.661. The second-order valence-corrected chi connectivity index (χ2v) is 18.3. The van der Waals surface area contributed by atoms with Crippen LogP contribution in [0.2, 0.25) is 0 Å². The molecule has 1 aliphatic rings. The van der Waals surface area contributed by atoms with E-state index in [0.29, 0.717) is 0 Å². The Morgan fingerprint density at radius 1 is 0.317 bits per heavy atom. The third-order valence-electron chi connectivity index (χ3n) is 13.6. The topological polar surface area (TPSA) is 0 Å². The van der Waals surface area contributed by atoms with Gasteiger partial charge in [0.25, 0.3) is 0 Å². The van der Waals surface area contributed by atoms with Crippen LogP contribution in [-0.4, -0.2) is 0 Å². The summed E-state index contributed by atoms with van der Waals surface area (Å²) in [4.78, 5) is 0. The van der Waals surface area contributed by atoms with Crippen LogP contribution in [0, 0.1) is 0 Å². The predicted octanol–water partition coefficient (Wildman–Crippen LogP) is 17.1. The van der Waals surface area contributed by atoms with E-state index < -0.39 is 0 Å². The molecule has 60 heavy (non-hydrogen) atoms. The van der Waals surface area contributed by atoms with Gasteiger partial charge in [-0.1, -0.05) is 172 Å². The zero-order valence-corrected chi connectivity index (χ0v) is 34.2. The molecule has 280 valence electrons. The molecule has 0 nitrogen and oxygen atoms in total. The normalized spacial score (nSPS) is 13.3. The fourth-order valence-corrected chi connectivity index (χ4v) is 11.9. The van der Waals surface area contributed by atoms with Crippen molar-refractivity contribution in [3.05, 3.63) is 205 Å². The lowest BCUT2D eigenvalue weighted by Gasteiger charge is -2.21. The summed E-state index contributed by atoms with van der Waals surface area (Å²) in [6.07, 6.45) is 0. The van der Waals surface area contributed by atoms with E-state index in [1.807, 2.05) is 11.3 Å². The van der Waals surface area contributed by atoms with Crippen LogP contribution in [0.5, 0.6) is 0 Å². The van der Waals surface area contributed by atoms with Crippen molar-refractivity contribution < 1.29 is 0 Å². The minimum atomic E-state index is -0.0178. The molecule has 1 aliphatic carbocycles. The monoisotopic (exact) mass is 778 g/mol. The first kappa shape index (κ1) is 33.9. The van der Waals surface area contributed by atoms with Gasteiger partial charge in [-0.3, -0.25) is 0 Å². The van der Waals surface area contributed by atoms with E-state index >= 15 is 0 Å². The Morgan fingerprint density at radius 3 is 1.48 bits per heavy atom. The molecule has 12 aromatic rings. The molecule has 0 aliphatic heterocycles.